The fourth-order valence-electron chi connectivity index (χ4n) is 2.05. The first kappa shape index (κ1) is 19.2. The second kappa shape index (κ2) is 7.86. The standard InChI is InChI=1S/C19H19F3N4/c1-5-8-15(4)23-18-16-11-7-12-26(16)25-17(24-18)13(2)9-6-10-14(3)19(20,21)22/h5-12H,1-2H2,3-4H3,(H,23,24,25)/b9-6-,14-10+,15-8+. The van der Waals surface area contributed by atoms with E-state index in [0.29, 0.717) is 17.2 Å². The van der Waals surface area contributed by atoms with Crippen molar-refractivity contribution in [2.75, 3.05) is 5.32 Å². The summed E-state index contributed by atoms with van der Waals surface area (Å²) in [6.45, 7) is 10.3. The Morgan fingerprint density at radius 2 is 2.00 bits per heavy atom. The minimum absolute atomic E-state index is 0.303. The van der Waals surface area contributed by atoms with E-state index in [0.717, 1.165) is 24.2 Å². The van der Waals surface area contributed by atoms with Crippen LogP contribution in [0, 0.1) is 0 Å². The highest BCUT2D eigenvalue weighted by molar-refractivity contribution is 5.74. The second-order valence-electron chi connectivity index (χ2n) is 5.56. The highest BCUT2D eigenvalue weighted by Gasteiger charge is 2.29. The molecule has 0 radical (unpaired) electrons. The van der Waals surface area contributed by atoms with Crippen LogP contribution in [0.5, 0.6) is 0 Å². The van der Waals surface area contributed by atoms with E-state index >= 15 is 0 Å². The summed E-state index contributed by atoms with van der Waals surface area (Å²) >= 11 is 0. The molecule has 26 heavy (non-hydrogen) atoms. The number of anilines is 1. The van der Waals surface area contributed by atoms with Gasteiger partial charge in [-0.05, 0) is 32.1 Å². The molecule has 0 aliphatic heterocycles. The van der Waals surface area contributed by atoms with Gasteiger partial charge in [0.25, 0.3) is 0 Å². The molecule has 0 unspecified atom stereocenters. The van der Waals surface area contributed by atoms with Gasteiger partial charge in [-0.1, -0.05) is 37.5 Å². The lowest BCUT2D eigenvalue weighted by Gasteiger charge is -2.10. The molecule has 136 valence electrons. The minimum atomic E-state index is -4.35. The third kappa shape index (κ3) is 4.72. The number of halogens is 3. The molecule has 0 spiro atoms. The molecular weight excluding hydrogens is 341 g/mol. The van der Waals surface area contributed by atoms with Crippen LogP contribution in [-0.2, 0) is 0 Å². The van der Waals surface area contributed by atoms with Gasteiger partial charge in [-0.25, -0.2) is 9.50 Å². The molecule has 0 saturated heterocycles. The summed E-state index contributed by atoms with van der Waals surface area (Å²) in [6.07, 6.45) is 4.55. The molecule has 2 heterocycles. The minimum Gasteiger partial charge on any atom is -0.342 e. The molecule has 0 saturated carbocycles. The van der Waals surface area contributed by atoms with Crippen LogP contribution in [0.1, 0.15) is 19.7 Å². The van der Waals surface area contributed by atoms with E-state index in [9.17, 15) is 13.2 Å². The average Bonchev–Trinajstić information content (AvgIpc) is 3.02. The van der Waals surface area contributed by atoms with Crippen molar-refractivity contribution in [3.63, 3.8) is 0 Å². The van der Waals surface area contributed by atoms with Crippen LogP contribution in [0.25, 0.3) is 11.1 Å². The Bertz CT molecular complexity index is 914. The first-order chi connectivity index (χ1) is 12.2. The van der Waals surface area contributed by atoms with Crippen LogP contribution in [0.4, 0.5) is 19.0 Å². The Hall–Kier alpha value is -3.09. The lowest BCUT2D eigenvalue weighted by atomic mass is 10.2. The van der Waals surface area contributed by atoms with Crippen LogP contribution in [0.2, 0.25) is 0 Å². The highest BCUT2D eigenvalue weighted by Crippen LogP contribution is 2.25. The maximum Gasteiger partial charge on any atom is 0.412 e. The molecule has 0 fully saturated rings. The number of fused-ring (bicyclic) bond motifs is 1. The normalized spacial score (nSPS) is 13.4. The average molecular weight is 360 g/mol. The summed E-state index contributed by atoms with van der Waals surface area (Å²) in [4.78, 5) is 4.43. The smallest absolute Gasteiger partial charge is 0.342 e. The summed E-state index contributed by atoms with van der Waals surface area (Å²) in [5.74, 6) is 0.865. The quantitative estimate of drug-likeness (QED) is 0.710. The molecule has 0 amide bonds. The van der Waals surface area contributed by atoms with Crippen LogP contribution < -0.4 is 5.32 Å². The maximum atomic E-state index is 12.5. The molecule has 1 N–H and O–H groups in total. The van der Waals surface area contributed by atoms with Gasteiger partial charge < -0.3 is 5.32 Å². The molecule has 0 aromatic carbocycles. The van der Waals surface area contributed by atoms with Crippen molar-refractivity contribution in [2.24, 2.45) is 0 Å². The van der Waals surface area contributed by atoms with E-state index in [2.05, 4.69) is 28.6 Å². The number of nitrogens with zero attached hydrogens (tertiary/aromatic N) is 3. The summed E-state index contributed by atoms with van der Waals surface area (Å²) in [7, 11) is 0. The van der Waals surface area contributed by atoms with Crippen molar-refractivity contribution in [1.82, 2.24) is 14.6 Å². The van der Waals surface area contributed by atoms with Gasteiger partial charge in [0.05, 0.1) is 0 Å². The summed E-state index contributed by atoms with van der Waals surface area (Å²) in [6, 6.07) is 3.67. The first-order valence-corrected chi connectivity index (χ1v) is 7.75. The summed E-state index contributed by atoms with van der Waals surface area (Å²) in [5, 5.41) is 7.48. The first-order valence-electron chi connectivity index (χ1n) is 7.75. The molecule has 7 heteroatoms. The topological polar surface area (TPSA) is 42.2 Å². The van der Waals surface area contributed by atoms with Gasteiger partial charge in [-0.3, -0.25) is 0 Å². The van der Waals surface area contributed by atoms with Crippen LogP contribution in [0.15, 0.2) is 73.1 Å². The zero-order chi connectivity index (χ0) is 19.3. The Morgan fingerprint density at radius 1 is 1.27 bits per heavy atom. The number of hydrogen-bond acceptors (Lipinski definition) is 3. The highest BCUT2D eigenvalue weighted by atomic mass is 19.4. The maximum absolute atomic E-state index is 12.5. The third-order valence-corrected chi connectivity index (χ3v) is 3.45. The van der Waals surface area contributed by atoms with Gasteiger partial charge in [0.1, 0.15) is 5.52 Å². The predicted molar refractivity (Wildman–Crippen MR) is 98.5 cm³/mol. The van der Waals surface area contributed by atoms with Gasteiger partial charge in [-0.2, -0.15) is 13.2 Å². The van der Waals surface area contributed by atoms with Crippen LogP contribution in [-0.4, -0.2) is 20.8 Å². The number of nitrogens with one attached hydrogen (secondary N) is 1. The fraction of sp³-hybridized carbons (Fsp3) is 0.158. The predicted octanol–water partition coefficient (Wildman–Crippen LogP) is 5.31. The molecule has 0 atom stereocenters. The Kier molecular flexibility index (Phi) is 5.82. The Labute approximate surface area is 149 Å². The lowest BCUT2D eigenvalue weighted by Crippen LogP contribution is -2.08. The fourth-order valence-corrected chi connectivity index (χ4v) is 2.05. The zero-order valence-electron chi connectivity index (χ0n) is 14.5. The second-order valence-corrected chi connectivity index (χ2v) is 5.56. The van der Waals surface area contributed by atoms with Crippen molar-refractivity contribution < 1.29 is 13.2 Å². The Morgan fingerprint density at radius 3 is 2.65 bits per heavy atom. The molecule has 4 nitrogen and oxygen atoms in total. The molecule has 0 aliphatic carbocycles. The number of hydrogen-bond donors (Lipinski definition) is 1. The SMILES string of the molecule is C=C/C=C(\C)Nc1nc(C(=C)/C=C\C=C(/C)C(F)(F)F)nn2cccc12. The van der Waals surface area contributed by atoms with Crippen molar-refractivity contribution >= 4 is 16.9 Å². The number of aromatic nitrogens is 3. The number of rotatable bonds is 6. The molecule has 0 aliphatic rings. The molecular formula is C19H19F3N4. The van der Waals surface area contributed by atoms with Gasteiger partial charge >= 0.3 is 6.18 Å². The van der Waals surface area contributed by atoms with Crippen molar-refractivity contribution in [3.05, 3.63) is 79.0 Å². The summed E-state index contributed by atoms with van der Waals surface area (Å²) < 4.78 is 39.1. The van der Waals surface area contributed by atoms with E-state index in [4.69, 9.17) is 0 Å². The van der Waals surface area contributed by atoms with Crippen molar-refractivity contribution in [1.29, 1.82) is 0 Å². The van der Waals surface area contributed by atoms with E-state index in [-0.39, 0.29) is 0 Å². The van der Waals surface area contributed by atoms with Gasteiger partial charge in [0, 0.05) is 23.0 Å². The van der Waals surface area contributed by atoms with Crippen molar-refractivity contribution in [2.45, 2.75) is 20.0 Å². The number of allylic oxidation sites excluding steroid dienone is 8. The lowest BCUT2D eigenvalue weighted by molar-refractivity contribution is -0.0912. The van der Waals surface area contributed by atoms with E-state index < -0.39 is 11.7 Å². The molecule has 2 rings (SSSR count). The number of alkyl halides is 3. The van der Waals surface area contributed by atoms with E-state index in [1.807, 2.05) is 19.1 Å². The van der Waals surface area contributed by atoms with Gasteiger partial charge in [0.2, 0.25) is 0 Å². The molecule has 2 aromatic heterocycles. The summed E-state index contributed by atoms with van der Waals surface area (Å²) in [5.41, 5.74) is 1.28. The molecule has 0 bridgehead atoms. The van der Waals surface area contributed by atoms with Crippen LogP contribution >= 0.6 is 0 Å². The third-order valence-electron chi connectivity index (χ3n) is 3.45. The van der Waals surface area contributed by atoms with Crippen LogP contribution in [0.3, 0.4) is 0 Å². The molecule has 2 aromatic rings. The zero-order valence-corrected chi connectivity index (χ0v) is 14.5. The van der Waals surface area contributed by atoms with Crippen molar-refractivity contribution in [3.8, 4) is 0 Å². The van der Waals surface area contributed by atoms with Gasteiger partial charge in [-0.15, -0.1) is 5.10 Å². The Balaban J connectivity index is 2.33. The van der Waals surface area contributed by atoms with E-state index in [1.165, 1.54) is 12.2 Å². The largest absolute Gasteiger partial charge is 0.412 e. The van der Waals surface area contributed by atoms with Gasteiger partial charge in [0.15, 0.2) is 11.6 Å². The van der Waals surface area contributed by atoms with E-state index in [1.54, 1.807) is 22.9 Å². The monoisotopic (exact) mass is 360 g/mol.